The van der Waals surface area contributed by atoms with Gasteiger partial charge in [0.15, 0.2) is 17.3 Å². The van der Waals surface area contributed by atoms with Crippen LogP contribution < -0.4 is 9.47 Å². The molecular weight excluding hydrogens is 192 g/mol. The van der Waals surface area contributed by atoms with Crippen molar-refractivity contribution in [2.24, 2.45) is 0 Å². The summed E-state index contributed by atoms with van der Waals surface area (Å²) in [6.45, 7) is 3.06. The van der Waals surface area contributed by atoms with Gasteiger partial charge in [0.2, 0.25) is 0 Å². The third-order valence-electron chi connectivity index (χ3n) is 2.34. The number of rotatable bonds is 3. The average Bonchev–Trinajstić information content (AvgIpc) is 2.28. The minimum Gasteiger partial charge on any atom is -0.486 e. The number of ether oxygens (including phenoxy) is 2. The van der Waals surface area contributed by atoms with E-state index in [-0.39, 0.29) is 5.78 Å². The van der Waals surface area contributed by atoms with Crippen LogP contribution in [0.3, 0.4) is 0 Å². The predicted octanol–water partition coefficient (Wildman–Crippen LogP) is 2.44. The molecule has 2 rings (SSSR count). The SMILES string of the molecule is CCCC(=O)c1cccc2c1OCCO2. The van der Waals surface area contributed by atoms with Crippen LogP contribution in [0.5, 0.6) is 11.5 Å². The summed E-state index contributed by atoms with van der Waals surface area (Å²) in [5, 5.41) is 0. The zero-order valence-corrected chi connectivity index (χ0v) is 8.79. The Balaban J connectivity index is 2.34. The molecule has 15 heavy (non-hydrogen) atoms. The molecule has 0 aromatic heterocycles. The van der Waals surface area contributed by atoms with Crippen LogP contribution in [-0.2, 0) is 0 Å². The van der Waals surface area contributed by atoms with E-state index in [0.717, 1.165) is 6.42 Å². The number of hydrogen-bond acceptors (Lipinski definition) is 3. The lowest BCUT2D eigenvalue weighted by Gasteiger charge is -2.20. The van der Waals surface area contributed by atoms with Crippen LogP contribution in [0.1, 0.15) is 30.1 Å². The lowest BCUT2D eigenvalue weighted by Crippen LogP contribution is -2.17. The lowest BCUT2D eigenvalue weighted by molar-refractivity contribution is 0.0970. The van der Waals surface area contributed by atoms with Gasteiger partial charge in [0.1, 0.15) is 13.2 Å². The monoisotopic (exact) mass is 206 g/mol. The fraction of sp³-hybridized carbons (Fsp3) is 0.417. The quantitative estimate of drug-likeness (QED) is 0.712. The van der Waals surface area contributed by atoms with E-state index in [1.807, 2.05) is 19.1 Å². The number of carbonyl (C=O) groups is 1. The maximum atomic E-state index is 11.8. The molecule has 1 heterocycles. The first-order valence-electron chi connectivity index (χ1n) is 5.24. The van der Waals surface area contributed by atoms with Gasteiger partial charge < -0.3 is 9.47 Å². The predicted molar refractivity (Wildman–Crippen MR) is 56.7 cm³/mol. The van der Waals surface area contributed by atoms with Crippen LogP contribution in [0, 0.1) is 0 Å². The van der Waals surface area contributed by atoms with E-state index in [9.17, 15) is 4.79 Å². The molecule has 80 valence electrons. The Labute approximate surface area is 89.0 Å². The van der Waals surface area contributed by atoms with Crippen molar-refractivity contribution in [1.29, 1.82) is 0 Å². The van der Waals surface area contributed by atoms with Gasteiger partial charge in [-0.2, -0.15) is 0 Å². The van der Waals surface area contributed by atoms with Gasteiger partial charge in [-0.05, 0) is 18.6 Å². The number of benzene rings is 1. The van der Waals surface area contributed by atoms with Gasteiger partial charge in [0.05, 0.1) is 5.56 Å². The van der Waals surface area contributed by atoms with Crippen molar-refractivity contribution < 1.29 is 14.3 Å². The molecule has 1 aromatic rings. The van der Waals surface area contributed by atoms with Crippen LogP contribution in [0.2, 0.25) is 0 Å². The molecule has 1 aliphatic heterocycles. The maximum absolute atomic E-state index is 11.8. The van der Waals surface area contributed by atoms with Gasteiger partial charge in [-0.25, -0.2) is 0 Å². The number of carbonyl (C=O) groups excluding carboxylic acids is 1. The highest BCUT2D eigenvalue weighted by Gasteiger charge is 2.19. The molecule has 0 aliphatic carbocycles. The first-order valence-corrected chi connectivity index (χ1v) is 5.24. The van der Waals surface area contributed by atoms with E-state index < -0.39 is 0 Å². The zero-order valence-electron chi connectivity index (χ0n) is 8.79. The van der Waals surface area contributed by atoms with Gasteiger partial charge >= 0.3 is 0 Å². The molecule has 0 spiro atoms. The average molecular weight is 206 g/mol. The Morgan fingerprint density at radius 1 is 1.33 bits per heavy atom. The van der Waals surface area contributed by atoms with E-state index in [0.29, 0.717) is 36.7 Å². The summed E-state index contributed by atoms with van der Waals surface area (Å²) >= 11 is 0. The second-order valence-corrected chi connectivity index (χ2v) is 3.50. The van der Waals surface area contributed by atoms with Crippen LogP contribution in [0.4, 0.5) is 0 Å². The normalized spacial score (nSPS) is 13.7. The smallest absolute Gasteiger partial charge is 0.172 e. The largest absolute Gasteiger partial charge is 0.486 e. The van der Waals surface area contributed by atoms with Crippen molar-refractivity contribution in [3.05, 3.63) is 23.8 Å². The second-order valence-electron chi connectivity index (χ2n) is 3.50. The summed E-state index contributed by atoms with van der Waals surface area (Å²) in [6, 6.07) is 5.46. The molecule has 0 saturated heterocycles. The third-order valence-corrected chi connectivity index (χ3v) is 2.34. The summed E-state index contributed by atoms with van der Waals surface area (Å²) in [6.07, 6.45) is 1.41. The number of ketones is 1. The lowest BCUT2D eigenvalue weighted by atomic mass is 10.1. The van der Waals surface area contributed by atoms with Crippen LogP contribution in [0.15, 0.2) is 18.2 Å². The Bertz CT molecular complexity index is 371. The molecule has 3 nitrogen and oxygen atoms in total. The summed E-state index contributed by atoms with van der Waals surface area (Å²) in [5.41, 5.74) is 0.647. The van der Waals surface area contributed by atoms with Crippen LogP contribution in [-0.4, -0.2) is 19.0 Å². The first kappa shape index (κ1) is 10.0. The van der Waals surface area contributed by atoms with Gasteiger partial charge in [-0.15, -0.1) is 0 Å². The van der Waals surface area contributed by atoms with Crippen molar-refractivity contribution >= 4 is 5.78 Å². The highest BCUT2D eigenvalue weighted by atomic mass is 16.6. The van der Waals surface area contributed by atoms with Crippen molar-refractivity contribution in [3.8, 4) is 11.5 Å². The van der Waals surface area contributed by atoms with E-state index >= 15 is 0 Å². The molecule has 0 unspecified atom stereocenters. The van der Waals surface area contributed by atoms with Gasteiger partial charge in [-0.3, -0.25) is 4.79 Å². The highest BCUT2D eigenvalue weighted by molar-refractivity contribution is 5.99. The van der Waals surface area contributed by atoms with Crippen molar-refractivity contribution in [1.82, 2.24) is 0 Å². The summed E-state index contributed by atoms with van der Waals surface area (Å²) in [5.74, 6) is 1.42. The molecule has 0 bridgehead atoms. The summed E-state index contributed by atoms with van der Waals surface area (Å²) in [7, 11) is 0. The Hall–Kier alpha value is -1.51. The summed E-state index contributed by atoms with van der Waals surface area (Å²) in [4.78, 5) is 11.8. The topological polar surface area (TPSA) is 35.5 Å². The molecule has 0 radical (unpaired) electrons. The number of fused-ring (bicyclic) bond motifs is 1. The number of Topliss-reactive ketones (excluding diaryl/α,β-unsaturated/α-hetero) is 1. The molecule has 0 fully saturated rings. The van der Waals surface area contributed by atoms with E-state index in [1.165, 1.54) is 0 Å². The van der Waals surface area contributed by atoms with Gasteiger partial charge in [-0.1, -0.05) is 13.0 Å². The van der Waals surface area contributed by atoms with E-state index in [1.54, 1.807) is 6.07 Å². The highest BCUT2D eigenvalue weighted by Crippen LogP contribution is 2.34. The Kier molecular flexibility index (Phi) is 2.90. The zero-order chi connectivity index (χ0) is 10.7. The fourth-order valence-corrected chi connectivity index (χ4v) is 1.66. The molecule has 0 saturated carbocycles. The maximum Gasteiger partial charge on any atom is 0.172 e. The molecular formula is C12H14O3. The summed E-state index contributed by atoms with van der Waals surface area (Å²) < 4.78 is 10.9. The van der Waals surface area contributed by atoms with Crippen molar-refractivity contribution in [3.63, 3.8) is 0 Å². The van der Waals surface area contributed by atoms with Crippen LogP contribution >= 0.6 is 0 Å². The molecule has 1 aliphatic rings. The Morgan fingerprint density at radius 3 is 2.93 bits per heavy atom. The third kappa shape index (κ3) is 1.96. The van der Waals surface area contributed by atoms with Gasteiger partial charge in [0.25, 0.3) is 0 Å². The number of hydrogen-bond donors (Lipinski definition) is 0. The van der Waals surface area contributed by atoms with Crippen LogP contribution in [0.25, 0.3) is 0 Å². The molecule has 0 amide bonds. The molecule has 0 N–H and O–H groups in total. The van der Waals surface area contributed by atoms with E-state index in [4.69, 9.17) is 9.47 Å². The minimum atomic E-state index is 0.125. The molecule has 3 heteroatoms. The Morgan fingerprint density at radius 2 is 2.13 bits per heavy atom. The standard InChI is InChI=1S/C12H14O3/c1-2-4-10(13)9-5-3-6-11-12(9)15-8-7-14-11/h3,5-6H,2,4,7-8H2,1H3. The first-order chi connectivity index (χ1) is 7.33. The molecule has 1 aromatic carbocycles. The van der Waals surface area contributed by atoms with Gasteiger partial charge in [0, 0.05) is 6.42 Å². The second kappa shape index (κ2) is 4.34. The van der Waals surface area contributed by atoms with E-state index in [2.05, 4.69) is 0 Å². The van der Waals surface area contributed by atoms with Crippen molar-refractivity contribution in [2.75, 3.05) is 13.2 Å². The minimum absolute atomic E-state index is 0.125. The fourth-order valence-electron chi connectivity index (χ4n) is 1.66. The number of para-hydroxylation sites is 1. The van der Waals surface area contributed by atoms with Crippen molar-refractivity contribution in [2.45, 2.75) is 19.8 Å². The molecule has 0 atom stereocenters.